The molecule has 3 N–H and O–H groups in total. The zero-order chi connectivity index (χ0) is 11.4. The van der Waals surface area contributed by atoms with E-state index in [9.17, 15) is 4.79 Å². The molecule has 1 aromatic heterocycles. The fourth-order valence-electron chi connectivity index (χ4n) is 1.55. The molecule has 16 heavy (non-hydrogen) atoms. The van der Waals surface area contributed by atoms with Crippen molar-refractivity contribution in [2.45, 2.75) is 6.42 Å². The number of thiophene rings is 1. The van der Waals surface area contributed by atoms with Crippen LogP contribution in [0.15, 0.2) is 29.6 Å². The molecule has 0 saturated carbocycles. The number of fused-ring (bicyclic) bond motifs is 1. The molecule has 1 aromatic carbocycles. The first-order valence-corrected chi connectivity index (χ1v) is 6.15. The summed E-state index contributed by atoms with van der Waals surface area (Å²) in [4.78, 5) is 11.8. The fourth-order valence-corrected chi connectivity index (χ4v) is 2.49. The van der Waals surface area contributed by atoms with Crippen molar-refractivity contribution in [1.82, 2.24) is 5.32 Å². The molecule has 2 rings (SSSR count). The zero-order valence-electron chi connectivity index (χ0n) is 8.90. The van der Waals surface area contributed by atoms with Gasteiger partial charge in [-0.15, -0.1) is 11.3 Å². The Kier molecular flexibility index (Phi) is 3.54. The summed E-state index contributed by atoms with van der Waals surface area (Å²) in [5.41, 5.74) is 6.14. The van der Waals surface area contributed by atoms with Crippen LogP contribution in [0.2, 0.25) is 0 Å². The van der Waals surface area contributed by atoms with Gasteiger partial charge in [-0.2, -0.15) is 0 Å². The van der Waals surface area contributed by atoms with Crippen molar-refractivity contribution in [3.8, 4) is 0 Å². The predicted molar refractivity (Wildman–Crippen MR) is 67.8 cm³/mol. The third-order valence-corrected chi connectivity index (χ3v) is 3.36. The second-order valence-corrected chi connectivity index (χ2v) is 4.45. The first-order valence-electron chi connectivity index (χ1n) is 5.27. The minimum atomic E-state index is -0.00843. The van der Waals surface area contributed by atoms with Crippen LogP contribution in [0.25, 0.3) is 10.1 Å². The molecule has 3 nitrogen and oxygen atoms in total. The van der Waals surface area contributed by atoms with Crippen molar-refractivity contribution in [1.29, 1.82) is 0 Å². The molecule has 0 spiro atoms. The summed E-state index contributed by atoms with van der Waals surface area (Å²) in [5.74, 6) is -0.00843. The highest BCUT2D eigenvalue weighted by Gasteiger charge is 2.10. The Morgan fingerprint density at radius 2 is 2.19 bits per heavy atom. The number of hydrogen-bond acceptors (Lipinski definition) is 3. The smallest absolute Gasteiger partial charge is 0.252 e. The third-order valence-electron chi connectivity index (χ3n) is 2.39. The fraction of sp³-hybridized carbons (Fsp3) is 0.250. The zero-order valence-corrected chi connectivity index (χ0v) is 9.72. The molecule has 0 aliphatic carbocycles. The van der Waals surface area contributed by atoms with Gasteiger partial charge in [-0.05, 0) is 19.0 Å². The van der Waals surface area contributed by atoms with Crippen molar-refractivity contribution < 1.29 is 4.79 Å². The second-order valence-electron chi connectivity index (χ2n) is 3.54. The SMILES string of the molecule is NCCCNC(=O)c1csc2ccccc12. The van der Waals surface area contributed by atoms with Crippen molar-refractivity contribution >= 4 is 27.3 Å². The summed E-state index contributed by atoms with van der Waals surface area (Å²) < 4.78 is 1.14. The highest BCUT2D eigenvalue weighted by atomic mass is 32.1. The Balaban J connectivity index is 2.17. The van der Waals surface area contributed by atoms with Gasteiger partial charge in [0.2, 0.25) is 0 Å². The molecular weight excluding hydrogens is 220 g/mol. The minimum Gasteiger partial charge on any atom is -0.352 e. The average Bonchev–Trinajstić information content (AvgIpc) is 2.73. The predicted octanol–water partition coefficient (Wildman–Crippen LogP) is 1.98. The summed E-state index contributed by atoms with van der Waals surface area (Å²) in [6, 6.07) is 7.93. The molecule has 84 valence electrons. The molecule has 0 aliphatic rings. The lowest BCUT2D eigenvalue weighted by Gasteiger charge is -2.02. The second kappa shape index (κ2) is 5.09. The van der Waals surface area contributed by atoms with Gasteiger partial charge in [0.15, 0.2) is 0 Å². The maximum atomic E-state index is 11.8. The Hall–Kier alpha value is -1.39. The van der Waals surface area contributed by atoms with Crippen LogP contribution in [0.1, 0.15) is 16.8 Å². The average molecular weight is 234 g/mol. The van der Waals surface area contributed by atoms with Crippen LogP contribution in [-0.4, -0.2) is 19.0 Å². The molecule has 4 heteroatoms. The summed E-state index contributed by atoms with van der Waals surface area (Å²) >= 11 is 1.60. The van der Waals surface area contributed by atoms with Crippen LogP contribution in [-0.2, 0) is 0 Å². The summed E-state index contributed by atoms with van der Waals surface area (Å²) in [6.07, 6.45) is 0.813. The topological polar surface area (TPSA) is 55.1 Å². The molecule has 0 atom stereocenters. The molecule has 1 heterocycles. The molecule has 0 bridgehead atoms. The maximum Gasteiger partial charge on any atom is 0.252 e. The normalized spacial score (nSPS) is 10.6. The molecule has 1 amide bonds. The first-order chi connectivity index (χ1) is 7.83. The van der Waals surface area contributed by atoms with Crippen LogP contribution < -0.4 is 11.1 Å². The largest absolute Gasteiger partial charge is 0.352 e. The van der Waals surface area contributed by atoms with Gasteiger partial charge in [0.1, 0.15) is 0 Å². The van der Waals surface area contributed by atoms with E-state index < -0.39 is 0 Å². The van der Waals surface area contributed by atoms with E-state index in [2.05, 4.69) is 5.32 Å². The van der Waals surface area contributed by atoms with E-state index in [1.807, 2.05) is 29.6 Å². The van der Waals surface area contributed by atoms with Crippen LogP contribution in [0.3, 0.4) is 0 Å². The first kappa shape index (κ1) is 11.1. The maximum absolute atomic E-state index is 11.8. The minimum absolute atomic E-state index is 0.00843. The Bertz CT molecular complexity index is 492. The van der Waals surface area contributed by atoms with E-state index in [1.54, 1.807) is 11.3 Å². The van der Waals surface area contributed by atoms with Gasteiger partial charge in [-0.1, -0.05) is 18.2 Å². The molecule has 0 aliphatic heterocycles. The van der Waals surface area contributed by atoms with Gasteiger partial charge < -0.3 is 11.1 Å². The van der Waals surface area contributed by atoms with Crippen LogP contribution >= 0.6 is 11.3 Å². The van der Waals surface area contributed by atoms with E-state index >= 15 is 0 Å². The standard InChI is InChI=1S/C12H14N2OS/c13-6-3-7-14-12(15)10-8-16-11-5-2-1-4-9(10)11/h1-2,4-5,8H,3,6-7,13H2,(H,14,15). The van der Waals surface area contributed by atoms with E-state index in [4.69, 9.17) is 5.73 Å². The number of nitrogens with one attached hydrogen (secondary N) is 1. The van der Waals surface area contributed by atoms with Gasteiger partial charge in [0, 0.05) is 22.0 Å². The molecule has 2 aromatic rings. The van der Waals surface area contributed by atoms with Gasteiger partial charge in [-0.3, -0.25) is 4.79 Å². The molecule has 0 saturated heterocycles. The lowest BCUT2D eigenvalue weighted by Crippen LogP contribution is -2.25. The van der Waals surface area contributed by atoms with E-state index in [0.29, 0.717) is 13.1 Å². The quantitative estimate of drug-likeness (QED) is 0.795. The number of carbonyl (C=O) groups is 1. The van der Waals surface area contributed by atoms with E-state index in [1.165, 1.54) is 0 Å². The van der Waals surface area contributed by atoms with Crippen LogP contribution in [0, 0.1) is 0 Å². The van der Waals surface area contributed by atoms with Crippen LogP contribution in [0.4, 0.5) is 0 Å². The van der Waals surface area contributed by atoms with Gasteiger partial charge in [0.25, 0.3) is 5.91 Å². The lowest BCUT2D eigenvalue weighted by atomic mass is 10.1. The van der Waals surface area contributed by atoms with Crippen LogP contribution in [0.5, 0.6) is 0 Å². The number of amides is 1. The van der Waals surface area contributed by atoms with E-state index in [-0.39, 0.29) is 5.91 Å². The van der Waals surface area contributed by atoms with Crippen molar-refractivity contribution in [3.63, 3.8) is 0 Å². The summed E-state index contributed by atoms with van der Waals surface area (Å²) in [6.45, 7) is 1.24. The number of rotatable bonds is 4. The monoisotopic (exact) mass is 234 g/mol. The Morgan fingerprint density at radius 1 is 1.38 bits per heavy atom. The summed E-state index contributed by atoms with van der Waals surface area (Å²) in [5, 5.41) is 5.80. The molecular formula is C12H14N2OS. The number of nitrogens with two attached hydrogens (primary N) is 1. The van der Waals surface area contributed by atoms with Gasteiger partial charge >= 0.3 is 0 Å². The van der Waals surface area contributed by atoms with Crippen molar-refractivity contribution in [3.05, 3.63) is 35.2 Å². The molecule has 0 unspecified atom stereocenters. The number of carbonyl (C=O) groups excluding carboxylic acids is 1. The van der Waals surface area contributed by atoms with Gasteiger partial charge in [-0.25, -0.2) is 0 Å². The van der Waals surface area contributed by atoms with E-state index in [0.717, 1.165) is 22.1 Å². The molecule has 0 fully saturated rings. The number of benzene rings is 1. The van der Waals surface area contributed by atoms with Gasteiger partial charge in [0.05, 0.1) is 5.56 Å². The summed E-state index contributed by atoms with van der Waals surface area (Å²) in [7, 11) is 0. The third kappa shape index (κ3) is 2.23. The Morgan fingerprint density at radius 3 is 3.00 bits per heavy atom. The van der Waals surface area contributed by atoms with Crippen molar-refractivity contribution in [2.24, 2.45) is 5.73 Å². The van der Waals surface area contributed by atoms with Crippen molar-refractivity contribution in [2.75, 3.05) is 13.1 Å². The number of hydrogen-bond donors (Lipinski definition) is 2. The highest BCUT2D eigenvalue weighted by Crippen LogP contribution is 2.25. The lowest BCUT2D eigenvalue weighted by molar-refractivity contribution is 0.0955. The Labute approximate surface area is 98.3 Å². The highest BCUT2D eigenvalue weighted by molar-refractivity contribution is 7.17. The molecule has 0 radical (unpaired) electrons.